The van der Waals surface area contributed by atoms with E-state index in [1.54, 1.807) is 13.8 Å². The second-order valence-corrected chi connectivity index (χ2v) is 8.34. The van der Waals surface area contributed by atoms with Crippen molar-refractivity contribution in [1.29, 1.82) is 0 Å². The minimum Gasteiger partial charge on any atom is -0.419 e. The molecule has 6 aliphatic rings. The molecule has 1 heterocycles. The Balaban J connectivity index is 1.53. The largest absolute Gasteiger partial charge is 0.419 e. The van der Waals surface area contributed by atoms with Crippen molar-refractivity contribution in [3.8, 4) is 0 Å². The van der Waals surface area contributed by atoms with Crippen LogP contribution in [0, 0.1) is 47.3 Å². The molecule has 0 radical (unpaired) electrons. The fraction of sp³-hybridized carbons (Fsp3) is 0.765. The molecule has 1 aliphatic heterocycles. The molecule has 0 amide bonds. The summed E-state index contributed by atoms with van der Waals surface area (Å²) >= 11 is 0. The molecule has 4 heteroatoms. The molecule has 0 spiro atoms. The van der Waals surface area contributed by atoms with E-state index in [4.69, 9.17) is 9.47 Å². The molecule has 110 valence electrons. The topological polar surface area (TPSA) is 52.6 Å². The van der Waals surface area contributed by atoms with Crippen LogP contribution in [0.15, 0.2) is 11.1 Å². The fourth-order valence-electron chi connectivity index (χ4n) is 7.40. The van der Waals surface area contributed by atoms with Gasteiger partial charge in [0.2, 0.25) is 0 Å². The third kappa shape index (κ3) is 0.984. The molecule has 0 aromatic rings. The van der Waals surface area contributed by atoms with Crippen LogP contribution in [0.3, 0.4) is 0 Å². The molecule has 21 heavy (non-hydrogen) atoms. The molecule has 5 saturated carbocycles. The summed E-state index contributed by atoms with van der Waals surface area (Å²) in [6, 6.07) is 0. The SMILES string of the molecule is CC1(C)OC(=O)C(=C2[C@@H]3[C@@H]4C[C@@H]5[C@@H]2[C@H]2[C@H]3C[C@H]4[C@H]52)C(=O)O1. The van der Waals surface area contributed by atoms with Gasteiger partial charge < -0.3 is 9.47 Å². The van der Waals surface area contributed by atoms with E-state index in [2.05, 4.69) is 0 Å². The highest BCUT2D eigenvalue weighted by Gasteiger charge is 2.79. The number of carbonyl (C=O) groups excluding carboxylic acids is 2. The van der Waals surface area contributed by atoms with Crippen molar-refractivity contribution >= 4 is 11.9 Å². The molecule has 2 bridgehead atoms. The minimum atomic E-state index is -1.13. The lowest BCUT2D eigenvalue weighted by molar-refractivity contribution is -0.222. The zero-order valence-electron chi connectivity index (χ0n) is 12.2. The van der Waals surface area contributed by atoms with Gasteiger partial charge in [0.25, 0.3) is 5.79 Å². The summed E-state index contributed by atoms with van der Waals surface area (Å²) in [7, 11) is 0. The van der Waals surface area contributed by atoms with Crippen LogP contribution in [0.25, 0.3) is 0 Å². The number of ether oxygens (including phenoxy) is 2. The molecular formula is C17H18O4. The lowest BCUT2D eigenvalue weighted by Gasteiger charge is -2.46. The summed E-state index contributed by atoms with van der Waals surface area (Å²) in [5, 5.41) is 0. The smallest absolute Gasteiger partial charge is 0.348 e. The Labute approximate surface area is 122 Å². The second kappa shape index (κ2) is 2.92. The summed E-state index contributed by atoms with van der Waals surface area (Å²) in [4.78, 5) is 24.8. The van der Waals surface area contributed by atoms with Crippen LogP contribution < -0.4 is 0 Å². The molecule has 4 nitrogen and oxygen atoms in total. The van der Waals surface area contributed by atoms with Crippen molar-refractivity contribution in [2.45, 2.75) is 32.5 Å². The predicted molar refractivity (Wildman–Crippen MR) is 70.4 cm³/mol. The van der Waals surface area contributed by atoms with Gasteiger partial charge in [-0.15, -0.1) is 0 Å². The van der Waals surface area contributed by atoms with E-state index in [0.29, 0.717) is 11.8 Å². The van der Waals surface area contributed by atoms with E-state index in [0.717, 1.165) is 41.1 Å². The van der Waals surface area contributed by atoms with Gasteiger partial charge >= 0.3 is 11.9 Å². The first-order chi connectivity index (χ1) is 9.98. The standard InChI is InChI=1S/C17H18O4/c1-17(2)20-15(18)14(16(19)21-17)13-10-6-4-7-9-5(6)3-8(10)11(9)12(7)13/h5-12H,3-4H2,1-2H3/t5-,6-,7+,8+,9-,10-,11+,12-/m1/s1. The maximum Gasteiger partial charge on any atom is 0.348 e. The maximum atomic E-state index is 12.4. The lowest BCUT2D eigenvalue weighted by Crippen LogP contribution is -2.45. The van der Waals surface area contributed by atoms with Crippen molar-refractivity contribution in [1.82, 2.24) is 0 Å². The van der Waals surface area contributed by atoms with Gasteiger partial charge in [0, 0.05) is 13.8 Å². The molecule has 1 saturated heterocycles. The lowest BCUT2D eigenvalue weighted by atomic mass is 9.58. The molecule has 0 aromatic carbocycles. The Morgan fingerprint density at radius 3 is 2.19 bits per heavy atom. The number of cyclic esters (lactones) is 2. The van der Waals surface area contributed by atoms with Crippen molar-refractivity contribution in [3.63, 3.8) is 0 Å². The van der Waals surface area contributed by atoms with Gasteiger partial charge in [0.05, 0.1) is 0 Å². The first-order valence-corrected chi connectivity index (χ1v) is 8.19. The third-order valence-corrected chi connectivity index (χ3v) is 7.46. The summed E-state index contributed by atoms with van der Waals surface area (Å²) < 4.78 is 10.7. The van der Waals surface area contributed by atoms with Gasteiger partial charge in [0.1, 0.15) is 5.57 Å². The molecular weight excluding hydrogens is 268 g/mol. The van der Waals surface area contributed by atoms with Gasteiger partial charge in [-0.05, 0) is 65.8 Å². The third-order valence-electron chi connectivity index (χ3n) is 7.46. The van der Waals surface area contributed by atoms with Crippen LogP contribution in [-0.4, -0.2) is 17.7 Å². The van der Waals surface area contributed by atoms with E-state index in [1.807, 2.05) is 0 Å². The van der Waals surface area contributed by atoms with Gasteiger partial charge in [-0.3, -0.25) is 0 Å². The summed E-state index contributed by atoms with van der Waals surface area (Å²) in [5.74, 6) is 3.74. The van der Waals surface area contributed by atoms with Crippen molar-refractivity contribution in [2.24, 2.45) is 47.3 Å². The van der Waals surface area contributed by atoms with Crippen LogP contribution in [0.1, 0.15) is 26.7 Å². The molecule has 0 aromatic heterocycles. The molecule has 6 fully saturated rings. The van der Waals surface area contributed by atoms with E-state index in [-0.39, 0.29) is 5.57 Å². The Morgan fingerprint density at radius 2 is 1.48 bits per heavy atom. The van der Waals surface area contributed by atoms with Gasteiger partial charge in [-0.25, -0.2) is 9.59 Å². The normalized spacial score (nSPS) is 56.9. The fourth-order valence-corrected chi connectivity index (χ4v) is 7.40. The number of hydrogen-bond acceptors (Lipinski definition) is 4. The van der Waals surface area contributed by atoms with Crippen LogP contribution in [0.5, 0.6) is 0 Å². The van der Waals surface area contributed by atoms with Crippen molar-refractivity contribution < 1.29 is 19.1 Å². The monoisotopic (exact) mass is 286 g/mol. The Bertz CT molecular complexity index is 632. The average Bonchev–Trinajstić information content (AvgIpc) is 2.85. The van der Waals surface area contributed by atoms with E-state index < -0.39 is 17.7 Å². The zero-order chi connectivity index (χ0) is 14.3. The minimum absolute atomic E-state index is 0.271. The van der Waals surface area contributed by atoms with E-state index >= 15 is 0 Å². The highest BCUT2D eigenvalue weighted by Crippen LogP contribution is 2.84. The Kier molecular flexibility index (Phi) is 1.57. The first-order valence-electron chi connectivity index (χ1n) is 8.19. The van der Waals surface area contributed by atoms with Crippen LogP contribution >= 0.6 is 0 Å². The highest BCUT2D eigenvalue weighted by atomic mass is 16.7. The maximum absolute atomic E-state index is 12.4. The van der Waals surface area contributed by atoms with E-state index in [1.165, 1.54) is 12.8 Å². The molecule has 5 aliphatic carbocycles. The molecule has 0 N–H and O–H groups in total. The number of carbonyl (C=O) groups is 2. The number of hydrogen-bond donors (Lipinski definition) is 0. The van der Waals surface area contributed by atoms with Crippen LogP contribution in [-0.2, 0) is 19.1 Å². The summed E-state index contributed by atoms with van der Waals surface area (Å²) in [6.45, 7) is 3.23. The molecule has 6 rings (SSSR count). The number of esters is 2. The molecule has 8 atom stereocenters. The highest BCUT2D eigenvalue weighted by molar-refractivity contribution is 6.16. The predicted octanol–water partition coefficient (Wildman–Crippen LogP) is 1.90. The van der Waals surface area contributed by atoms with Gasteiger partial charge in [-0.2, -0.15) is 0 Å². The quantitative estimate of drug-likeness (QED) is 0.388. The van der Waals surface area contributed by atoms with Crippen LogP contribution in [0.4, 0.5) is 0 Å². The Morgan fingerprint density at radius 1 is 0.857 bits per heavy atom. The van der Waals surface area contributed by atoms with E-state index in [9.17, 15) is 9.59 Å². The van der Waals surface area contributed by atoms with Crippen molar-refractivity contribution in [3.05, 3.63) is 11.1 Å². The summed E-state index contributed by atoms with van der Waals surface area (Å²) in [5.41, 5.74) is 1.42. The second-order valence-electron chi connectivity index (χ2n) is 8.34. The van der Waals surface area contributed by atoms with Crippen LogP contribution in [0.2, 0.25) is 0 Å². The first kappa shape index (κ1) is 11.3. The molecule has 0 unspecified atom stereocenters. The average molecular weight is 286 g/mol. The van der Waals surface area contributed by atoms with Gasteiger partial charge in [-0.1, -0.05) is 0 Å². The number of rotatable bonds is 0. The van der Waals surface area contributed by atoms with Crippen molar-refractivity contribution in [2.75, 3.05) is 0 Å². The number of allylic oxidation sites excluding steroid dienone is 1. The Hall–Kier alpha value is -1.32. The van der Waals surface area contributed by atoms with Gasteiger partial charge in [0.15, 0.2) is 0 Å². The number of fused-ring (bicyclic) bond motifs is 2. The zero-order valence-corrected chi connectivity index (χ0v) is 12.2. The summed E-state index contributed by atoms with van der Waals surface area (Å²) in [6.07, 6.45) is 2.67.